The van der Waals surface area contributed by atoms with Crippen LogP contribution < -0.4 is 0 Å². The zero-order chi connectivity index (χ0) is 15.6. The molecule has 0 aliphatic carbocycles. The highest BCUT2D eigenvalue weighted by atomic mass is 28.4. The van der Waals surface area contributed by atoms with Crippen molar-refractivity contribution in [1.82, 2.24) is 0 Å². The Morgan fingerprint density at radius 3 is 1.30 bits per heavy atom. The molecule has 0 fully saturated rings. The minimum Gasteiger partial charge on any atom is -0.516 e. The van der Waals surface area contributed by atoms with Crippen LogP contribution in [0.1, 0.15) is 20.7 Å². The maximum Gasteiger partial charge on any atom is 0.325 e. The van der Waals surface area contributed by atoms with Crippen molar-refractivity contribution < 1.29 is 18.4 Å². The molecule has 6 heteroatoms. The maximum absolute atomic E-state index is 12.2. The monoisotopic (exact) mass is 310 g/mol. The van der Waals surface area contributed by atoms with Crippen LogP contribution >= 0.6 is 0 Å². The minimum atomic E-state index is -2.00. The Bertz CT molecular complexity index is 466. The van der Waals surface area contributed by atoms with Crippen molar-refractivity contribution in [1.29, 1.82) is 0 Å². The van der Waals surface area contributed by atoms with Crippen molar-refractivity contribution in [2.24, 2.45) is 0 Å². The van der Waals surface area contributed by atoms with Gasteiger partial charge in [0.25, 0.3) is 0 Å². The zero-order valence-corrected chi connectivity index (χ0v) is 14.9. The van der Waals surface area contributed by atoms with E-state index in [1.54, 1.807) is 24.3 Å². The number of hydrogen-bond donors (Lipinski definition) is 0. The molecule has 0 unspecified atom stereocenters. The zero-order valence-electron chi connectivity index (χ0n) is 12.9. The number of hydrogen-bond acceptors (Lipinski definition) is 4. The van der Waals surface area contributed by atoms with Crippen molar-refractivity contribution in [3.05, 3.63) is 35.4 Å². The van der Waals surface area contributed by atoms with Gasteiger partial charge in [0.15, 0.2) is 0 Å². The van der Waals surface area contributed by atoms with Gasteiger partial charge >= 0.3 is 11.9 Å². The fourth-order valence-electron chi connectivity index (χ4n) is 1.51. The lowest BCUT2D eigenvalue weighted by molar-refractivity contribution is 0.0680. The van der Waals surface area contributed by atoms with E-state index in [0.29, 0.717) is 0 Å². The van der Waals surface area contributed by atoms with Crippen LogP contribution in [0.15, 0.2) is 24.3 Å². The summed E-state index contributed by atoms with van der Waals surface area (Å²) < 4.78 is 10.9. The molecule has 0 aliphatic rings. The van der Waals surface area contributed by atoms with Gasteiger partial charge in [-0.2, -0.15) is 0 Å². The lowest BCUT2D eigenvalue weighted by Crippen LogP contribution is -2.32. The van der Waals surface area contributed by atoms with Crippen LogP contribution in [0.5, 0.6) is 0 Å². The molecule has 0 saturated carbocycles. The van der Waals surface area contributed by atoms with Crippen molar-refractivity contribution in [2.75, 3.05) is 0 Å². The Labute approximate surface area is 122 Å². The summed E-state index contributed by atoms with van der Waals surface area (Å²) in [5.74, 6) is -0.903. The van der Waals surface area contributed by atoms with Gasteiger partial charge in [0, 0.05) is 0 Å². The molecule has 0 atom stereocenters. The predicted octanol–water partition coefficient (Wildman–Crippen LogP) is 3.67. The summed E-state index contributed by atoms with van der Waals surface area (Å²) in [5.41, 5.74) is 0.552. The molecule has 1 aromatic rings. The molecule has 0 N–H and O–H groups in total. The van der Waals surface area contributed by atoms with Gasteiger partial charge in [-0.1, -0.05) is 12.1 Å². The minimum absolute atomic E-state index is 0.276. The van der Waals surface area contributed by atoms with Crippen molar-refractivity contribution in [2.45, 2.75) is 39.3 Å². The summed E-state index contributed by atoms with van der Waals surface area (Å²) in [6.07, 6.45) is 0. The highest BCUT2D eigenvalue weighted by Crippen LogP contribution is 2.17. The molecule has 0 heterocycles. The summed E-state index contributed by atoms with van der Waals surface area (Å²) in [6.45, 7) is 11.5. The summed E-state index contributed by atoms with van der Waals surface area (Å²) in [4.78, 5) is 24.3. The molecule has 110 valence electrons. The lowest BCUT2D eigenvalue weighted by Gasteiger charge is -2.20. The molecule has 0 aromatic heterocycles. The van der Waals surface area contributed by atoms with Gasteiger partial charge in [0.1, 0.15) is 0 Å². The topological polar surface area (TPSA) is 52.6 Å². The van der Waals surface area contributed by atoms with Gasteiger partial charge in [-0.05, 0) is 51.4 Å². The van der Waals surface area contributed by atoms with Gasteiger partial charge in [0.2, 0.25) is 16.6 Å². The second-order valence-electron chi connectivity index (χ2n) is 6.55. The largest absolute Gasteiger partial charge is 0.516 e. The van der Waals surface area contributed by atoms with E-state index in [1.807, 2.05) is 39.3 Å². The van der Waals surface area contributed by atoms with E-state index in [-0.39, 0.29) is 11.1 Å². The lowest BCUT2D eigenvalue weighted by atomic mass is 10.1. The van der Waals surface area contributed by atoms with Gasteiger partial charge in [-0.3, -0.25) is 0 Å². The summed E-state index contributed by atoms with van der Waals surface area (Å²) in [5, 5.41) is 0. The molecule has 20 heavy (non-hydrogen) atoms. The Kier molecular flexibility index (Phi) is 4.93. The molecule has 0 spiro atoms. The van der Waals surface area contributed by atoms with Gasteiger partial charge in [0.05, 0.1) is 11.1 Å². The number of rotatable bonds is 4. The Hall–Kier alpha value is -1.41. The van der Waals surface area contributed by atoms with Crippen molar-refractivity contribution in [3.63, 3.8) is 0 Å². The average Bonchev–Trinajstić information content (AvgIpc) is 2.24. The van der Waals surface area contributed by atoms with E-state index in [4.69, 9.17) is 8.85 Å². The number of carbonyl (C=O) groups excluding carboxylic acids is 2. The Morgan fingerprint density at radius 1 is 0.750 bits per heavy atom. The first kappa shape index (κ1) is 16.6. The van der Waals surface area contributed by atoms with Crippen LogP contribution in [0.4, 0.5) is 0 Å². The Balaban J connectivity index is 3.05. The van der Waals surface area contributed by atoms with Crippen LogP contribution in [-0.4, -0.2) is 28.6 Å². The molecule has 0 saturated heterocycles. The van der Waals surface area contributed by atoms with E-state index in [9.17, 15) is 9.59 Å². The predicted molar refractivity (Wildman–Crippen MR) is 84.0 cm³/mol. The second kappa shape index (κ2) is 5.93. The molecule has 4 nitrogen and oxygen atoms in total. The normalized spacial score (nSPS) is 11.9. The van der Waals surface area contributed by atoms with Gasteiger partial charge < -0.3 is 8.85 Å². The smallest absolute Gasteiger partial charge is 0.325 e. The van der Waals surface area contributed by atoms with Crippen LogP contribution in [0.3, 0.4) is 0 Å². The number of benzene rings is 1. The molecular weight excluding hydrogens is 288 g/mol. The maximum atomic E-state index is 12.2. The van der Waals surface area contributed by atoms with Gasteiger partial charge in [-0.15, -0.1) is 0 Å². The van der Waals surface area contributed by atoms with Gasteiger partial charge in [-0.25, -0.2) is 9.59 Å². The molecule has 0 aliphatic heterocycles. The van der Waals surface area contributed by atoms with E-state index in [1.165, 1.54) is 0 Å². The first-order valence-electron chi connectivity index (χ1n) is 6.55. The SMILES string of the molecule is C[Si](C)(C)OC(=O)c1ccccc1C(=O)O[Si](C)(C)C. The van der Waals surface area contributed by atoms with Crippen molar-refractivity contribution >= 4 is 28.6 Å². The summed E-state index contributed by atoms with van der Waals surface area (Å²) >= 11 is 0. The highest BCUT2D eigenvalue weighted by Gasteiger charge is 2.27. The fourth-order valence-corrected chi connectivity index (χ4v) is 2.84. The molecule has 0 radical (unpaired) electrons. The van der Waals surface area contributed by atoms with E-state index >= 15 is 0 Å². The fraction of sp³-hybridized carbons (Fsp3) is 0.429. The number of carbonyl (C=O) groups is 2. The third kappa shape index (κ3) is 5.30. The Morgan fingerprint density at radius 2 is 1.05 bits per heavy atom. The highest BCUT2D eigenvalue weighted by molar-refractivity contribution is 6.72. The van der Waals surface area contributed by atoms with E-state index in [2.05, 4.69) is 0 Å². The van der Waals surface area contributed by atoms with Crippen LogP contribution in [0.25, 0.3) is 0 Å². The van der Waals surface area contributed by atoms with E-state index < -0.39 is 28.6 Å². The van der Waals surface area contributed by atoms with Crippen molar-refractivity contribution in [3.8, 4) is 0 Å². The average molecular weight is 310 g/mol. The molecular formula is C14H22O4Si2. The van der Waals surface area contributed by atoms with E-state index in [0.717, 1.165) is 0 Å². The standard InChI is InChI=1S/C14H22O4Si2/c1-19(2,3)17-13(15)11-9-7-8-10-12(11)14(16)18-20(4,5)6/h7-10H,1-6H3. The second-order valence-corrected chi connectivity index (χ2v) is 15.4. The summed E-state index contributed by atoms with van der Waals surface area (Å²) in [7, 11) is -4.00. The van der Waals surface area contributed by atoms with Crippen LogP contribution in [0.2, 0.25) is 39.3 Å². The molecule has 0 amide bonds. The summed E-state index contributed by atoms with van der Waals surface area (Å²) in [6, 6.07) is 6.63. The quantitative estimate of drug-likeness (QED) is 0.796. The molecule has 1 rings (SSSR count). The third-order valence-corrected chi connectivity index (χ3v) is 3.76. The third-order valence-electron chi connectivity index (χ3n) is 2.16. The molecule has 1 aromatic carbocycles. The van der Waals surface area contributed by atoms with Crippen LogP contribution in [-0.2, 0) is 8.85 Å². The van der Waals surface area contributed by atoms with Crippen LogP contribution in [0, 0.1) is 0 Å². The first-order chi connectivity index (χ1) is 8.99. The first-order valence-corrected chi connectivity index (χ1v) is 13.4. The molecule has 0 bridgehead atoms.